The van der Waals surface area contributed by atoms with Crippen LogP contribution in [0.3, 0.4) is 0 Å². The molecule has 0 saturated heterocycles. The van der Waals surface area contributed by atoms with E-state index in [1.54, 1.807) is 0 Å². The first-order chi connectivity index (χ1) is 9.56. The number of nitrogens with zero attached hydrogens (tertiary/aromatic N) is 3. The van der Waals surface area contributed by atoms with Crippen molar-refractivity contribution in [2.75, 3.05) is 5.32 Å². The van der Waals surface area contributed by atoms with Gasteiger partial charge in [0.25, 0.3) is 0 Å². The summed E-state index contributed by atoms with van der Waals surface area (Å²) in [7, 11) is 0. The monoisotopic (exact) mass is 311 g/mol. The molecule has 2 aromatic rings. The fraction of sp³-hybridized carbons (Fsp3) is 0.500. The van der Waals surface area contributed by atoms with E-state index in [2.05, 4.69) is 34.3 Å². The Balaban J connectivity index is 1.89. The smallest absolute Gasteiger partial charge is 0.232 e. The Morgan fingerprint density at radius 1 is 1.40 bits per heavy atom. The van der Waals surface area contributed by atoms with Crippen LogP contribution in [-0.2, 0) is 24.2 Å². The number of anilines is 1. The van der Waals surface area contributed by atoms with Crippen molar-refractivity contribution in [1.82, 2.24) is 15.2 Å². The highest BCUT2D eigenvalue weighted by atomic mass is 32.1. The Labute approximate surface area is 125 Å². The van der Waals surface area contributed by atoms with E-state index >= 15 is 0 Å². The minimum absolute atomic E-state index is 0.133. The largest absolute Gasteiger partial charge is 0.325 e. The van der Waals surface area contributed by atoms with Crippen molar-refractivity contribution in [3.05, 3.63) is 21.1 Å². The molecule has 0 bridgehead atoms. The van der Waals surface area contributed by atoms with Gasteiger partial charge in [0, 0.05) is 18.3 Å². The van der Waals surface area contributed by atoms with E-state index in [-0.39, 0.29) is 12.3 Å². The van der Waals surface area contributed by atoms with Gasteiger partial charge in [0.1, 0.15) is 10.0 Å². The van der Waals surface area contributed by atoms with Crippen LogP contribution in [-0.4, -0.2) is 21.1 Å². The number of aromatic nitrogens is 3. The van der Waals surface area contributed by atoms with Gasteiger partial charge in [-0.3, -0.25) is 4.79 Å². The number of carbonyl (C=O) groups excluding carboxylic acids is 1. The molecule has 1 amide bonds. The van der Waals surface area contributed by atoms with Crippen LogP contribution in [0.1, 0.15) is 29.6 Å². The summed E-state index contributed by atoms with van der Waals surface area (Å²) < 4.78 is 0. The standard InChI is InChI=1S/C12H17N5OS2/c1-7(2)3-10-16-17-12(20-10)15-9(18)4-8-6-19-11(5-13)14-8/h6-7H,3-5,13H2,1-2H3,(H,15,17,18). The van der Waals surface area contributed by atoms with E-state index in [1.807, 2.05) is 5.38 Å². The van der Waals surface area contributed by atoms with E-state index in [1.165, 1.54) is 22.7 Å². The average Bonchev–Trinajstić information content (AvgIpc) is 2.98. The van der Waals surface area contributed by atoms with Crippen molar-refractivity contribution >= 4 is 33.7 Å². The average molecular weight is 311 g/mol. The van der Waals surface area contributed by atoms with Gasteiger partial charge in [-0.05, 0) is 5.92 Å². The van der Waals surface area contributed by atoms with Crippen LogP contribution < -0.4 is 11.1 Å². The lowest BCUT2D eigenvalue weighted by Crippen LogP contribution is -2.14. The second-order valence-electron chi connectivity index (χ2n) is 4.76. The molecule has 6 nitrogen and oxygen atoms in total. The maximum absolute atomic E-state index is 11.9. The topological polar surface area (TPSA) is 93.8 Å². The van der Waals surface area contributed by atoms with Crippen LogP contribution in [0.2, 0.25) is 0 Å². The molecule has 0 spiro atoms. The molecule has 0 aromatic carbocycles. The molecule has 0 atom stereocenters. The third kappa shape index (κ3) is 4.32. The lowest BCUT2D eigenvalue weighted by molar-refractivity contribution is -0.115. The van der Waals surface area contributed by atoms with Crippen molar-refractivity contribution in [3.8, 4) is 0 Å². The van der Waals surface area contributed by atoms with E-state index in [0.717, 1.165) is 22.1 Å². The zero-order valence-electron chi connectivity index (χ0n) is 11.4. The summed E-state index contributed by atoms with van der Waals surface area (Å²) in [6, 6.07) is 0. The lowest BCUT2D eigenvalue weighted by Gasteiger charge is -1.99. The van der Waals surface area contributed by atoms with Crippen molar-refractivity contribution < 1.29 is 4.79 Å². The number of nitrogens with one attached hydrogen (secondary N) is 1. The molecule has 108 valence electrons. The highest BCUT2D eigenvalue weighted by Crippen LogP contribution is 2.18. The van der Waals surface area contributed by atoms with Gasteiger partial charge in [0.05, 0.1) is 12.1 Å². The molecule has 3 N–H and O–H groups in total. The highest BCUT2D eigenvalue weighted by molar-refractivity contribution is 7.15. The quantitative estimate of drug-likeness (QED) is 0.849. The van der Waals surface area contributed by atoms with Crippen LogP contribution in [0.4, 0.5) is 5.13 Å². The Morgan fingerprint density at radius 2 is 2.20 bits per heavy atom. The normalized spacial score (nSPS) is 11.0. The number of carbonyl (C=O) groups is 1. The maximum Gasteiger partial charge on any atom is 0.232 e. The second-order valence-corrected chi connectivity index (χ2v) is 6.77. The Morgan fingerprint density at radius 3 is 2.85 bits per heavy atom. The molecule has 0 aliphatic carbocycles. The van der Waals surface area contributed by atoms with Gasteiger partial charge < -0.3 is 11.1 Å². The van der Waals surface area contributed by atoms with Gasteiger partial charge in [0.2, 0.25) is 11.0 Å². The van der Waals surface area contributed by atoms with Crippen LogP contribution in [0, 0.1) is 5.92 Å². The zero-order chi connectivity index (χ0) is 14.5. The van der Waals surface area contributed by atoms with Gasteiger partial charge >= 0.3 is 0 Å². The summed E-state index contributed by atoms with van der Waals surface area (Å²) >= 11 is 2.89. The van der Waals surface area contributed by atoms with E-state index in [0.29, 0.717) is 17.6 Å². The Kier molecular flexibility index (Phi) is 5.16. The zero-order valence-corrected chi connectivity index (χ0v) is 13.1. The molecule has 0 aliphatic heterocycles. The van der Waals surface area contributed by atoms with Crippen LogP contribution >= 0.6 is 22.7 Å². The van der Waals surface area contributed by atoms with Gasteiger partial charge in [0.15, 0.2) is 0 Å². The number of nitrogens with two attached hydrogens (primary N) is 1. The molecule has 2 rings (SSSR count). The molecular weight excluding hydrogens is 294 g/mol. The summed E-state index contributed by atoms with van der Waals surface area (Å²) in [6.45, 7) is 4.65. The number of amides is 1. The molecular formula is C12H17N5OS2. The minimum Gasteiger partial charge on any atom is -0.325 e. The first kappa shape index (κ1) is 15.0. The van der Waals surface area contributed by atoms with Crippen molar-refractivity contribution in [3.63, 3.8) is 0 Å². The summed E-state index contributed by atoms with van der Waals surface area (Å²) in [5, 5.41) is 14.9. The number of thiazole rings is 1. The Hall–Kier alpha value is -1.38. The third-order valence-electron chi connectivity index (χ3n) is 2.41. The number of hydrogen-bond acceptors (Lipinski definition) is 7. The molecule has 0 radical (unpaired) electrons. The Bertz CT molecular complexity index is 578. The van der Waals surface area contributed by atoms with Gasteiger partial charge in [-0.1, -0.05) is 25.2 Å². The number of rotatable bonds is 6. The molecule has 0 aliphatic rings. The number of hydrogen-bond donors (Lipinski definition) is 2. The minimum atomic E-state index is -0.133. The van der Waals surface area contributed by atoms with Crippen LogP contribution in [0.15, 0.2) is 5.38 Å². The van der Waals surface area contributed by atoms with Gasteiger partial charge in [-0.15, -0.1) is 21.5 Å². The lowest BCUT2D eigenvalue weighted by atomic mass is 10.1. The first-order valence-electron chi connectivity index (χ1n) is 6.32. The van der Waals surface area contributed by atoms with Crippen molar-refractivity contribution in [1.29, 1.82) is 0 Å². The molecule has 8 heteroatoms. The predicted molar refractivity (Wildman–Crippen MR) is 80.8 cm³/mol. The summed E-state index contributed by atoms with van der Waals surface area (Å²) in [4.78, 5) is 16.1. The highest BCUT2D eigenvalue weighted by Gasteiger charge is 2.11. The van der Waals surface area contributed by atoms with E-state index in [9.17, 15) is 4.79 Å². The van der Waals surface area contributed by atoms with Gasteiger partial charge in [-0.2, -0.15) is 0 Å². The van der Waals surface area contributed by atoms with E-state index in [4.69, 9.17) is 5.73 Å². The molecule has 0 unspecified atom stereocenters. The second kappa shape index (κ2) is 6.87. The summed E-state index contributed by atoms with van der Waals surface area (Å²) in [6.07, 6.45) is 1.11. The first-order valence-corrected chi connectivity index (χ1v) is 8.02. The van der Waals surface area contributed by atoms with Crippen LogP contribution in [0.5, 0.6) is 0 Å². The van der Waals surface area contributed by atoms with Crippen LogP contribution in [0.25, 0.3) is 0 Å². The van der Waals surface area contributed by atoms with Crippen molar-refractivity contribution in [2.45, 2.75) is 33.2 Å². The van der Waals surface area contributed by atoms with E-state index < -0.39 is 0 Å². The molecule has 20 heavy (non-hydrogen) atoms. The molecule has 2 heterocycles. The van der Waals surface area contributed by atoms with Gasteiger partial charge in [-0.25, -0.2) is 4.98 Å². The SMILES string of the molecule is CC(C)Cc1nnc(NC(=O)Cc2csc(CN)n2)s1. The fourth-order valence-electron chi connectivity index (χ4n) is 1.59. The molecule has 0 saturated carbocycles. The summed E-state index contributed by atoms with van der Waals surface area (Å²) in [5.41, 5.74) is 6.23. The molecule has 2 aromatic heterocycles. The summed E-state index contributed by atoms with van der Waals surface area (Å²) in [5.74, 6) is 0.391. The third-order valence-corrected chi connectivity index (χ3v) is 4.19. The molecule has 0 fully saturated rings. The van der Waals surface area contributed by atoms with Crippen molar-refractivity contribution in [2.24, 2.45) is 11.7 Å². The predicted octanol–water partition coefficient (Wildman–Crippen LogP) is 1.83. The maximum atomic E-state index is 11.9. The fourth-order valence-corrected chi connectivity index (χ4v) is 3.23.